The lowest BCUT2D eigenvalue weighted by molar-refractivity contribution is -0.133. The van der Waals surface area contributed by atoms with Crippen molar-refractivity contribution in [2.75, 3.05) is 36.4 Å². The number of phenolic OH excluding ortho intramolecular Hbond substituents is 1. The first-order chi connectivity index (χ1) is 13.5. The topological polar surface area (TPSA) is 72.9 Å². The highest BCUT2D eigenvalue weighted by atomic mass is 16.3. The number of rotatable bonds is 6. The number of nitrogens with zero attached hydrogens (tertiary/aromatic N) is 2. The van der Waals surface area contributed by atoms with Gasteiger partial charge in [0, 0.05) is 56.5 Å². The summed E-state index contributed by atoms with van der Waals surface area (Å²) in [4.78, 5) is 28.6. The second-order valence-corrected chi connectivity index (χ2v) is 6.99. The molecule has 2 aromatic carbocycles. The van der Waals surface area contributed by atoms with E-state index in [1.165, 1.54) is 5.56 Å². The van der Waals surface area contributed by atoms with Crippen LogP contribution < -0.4 is 10.2 Å². The SMILES string of the molecule is CCc1cccc(NC(=O)CCC(=O)N2CCN(c3cccc(O)c3)CC2)c1. The average molecular weight is 381 g/mol. The summed E-state index contributed by atoms with van der Waals surface area (Å²) in [6, 6.07) is 14.9. The molecule has 0 saturated carbocycles. The maximum absolute atomic E-state index is 12.4. The van der Waals surface area contributed by atoms with Gasteiger partial charge in [-0.15, -0.1) is 0 Å². The largest absolute Gasteiger partial charge is 0.508 e. The van der Waals surface area contributed by atoms with E-state index in [0.717, 1.165) is 17.8 Å². The van der Waals surface area contributed by atoms with Crippen LogP contribution in [0.5, 0.6) is 5.75 Å². The van der Waals surface area contributed by atoms with E-state index in [1.54, 1.807) is 12.1 Å². The van der Waals surface area contributed by atoms with Crippen LogP contribution in [0.15, 0.2) is 48.5 Å². The Labute approximate surface area is 165 Å². The van der Waals surface area contributed by atoms with Crippen molar-refractivity contribution in [2.24, 2.45) is 0 Å². The maximum Gasteiger partial charge on any atom is 0.224 e. The number of piperazine rings is 1. The van der Waals surface area contributed by atoms with E-state index < -0.39 is 0 Å². The summed E-state index contributed by atoms with van der Waals surface area (Å²) in [5, 5.41) is 12.5. The first-order valence-electron chi connectivity index (χ1n) is 9.75. The van der Waals surface area contributed by atoms with Gasteiger partial charge in [-0.05, 0) is 36.2 Å². The summed E-state index contributed by atoms with van der Waals surface area (Å²) < 4.78 is 0. The molecule has 6 nitrogen and oxygen atoms in total. The molecule has 148 valence electrons. The third kappa shape index (κ3) is 5.25. The minimum absolute atomic E-state index is 0.00742. The second kappa shape index (κ2) is 9.26. The Morgan fingerprint density at radius 2 is 1.75 bits per heavy atom. The quantitative estimate of drug-likeness (QED) is 0.807. The van der Waals surface area contributed by atoms with Crippen LogP contribution in [0, 0.1) is 0 Å². The lowest BCUT2D eigenvalue weighted by Gasteiger charge is -2.36. The number of anilines is 2. The predicted molar refractivity (Wildman–Crippen MR) is 111 cm³/mol. The molecule has 0 aromatic heterocycles. The van der Waals surface area contributed by atoms with Crippen molar-refractivity contribution < 1.29 is 14.7 Å². The molecule has 0 aliphatic carbocycles. The molecule has 1 aliphatic heterocycles. The van der Waals surface area contributed by atoms with Crippen molar-refractivity contribution in [3.05, 3.63) is 54.1 Å². The number of carbonyl (C=O) groups excluding carboxylic acids is 2. The van der Waals surface area contributed by atoms with Crippen molar-refractivity contribution >= 4 is 23.2 Å². The summed E-state index contributed by atoms with van der Waals surface area (Å²) in [7, 11) is 0. The number of hydrogen-bond acceptors (Lipinski definition) is 4. The summed E-state index contributed by atoms with van der Waals surface area (Å²) in [5.41, 5.74) is 2.90. The normalized spacial score (nSPS) is 14.0. The molecule has 0 radical (unpaired) electrons. The van der Waals surface area contributed by atoms with Gasteiger partial charge in [0.2, 0.25) is 11.8 Å². The molecule has 1 saturated heterocycles. The molecule has 2 amide bonds. The number of amides is 2. The summed E-state index contributed by atoms with van der Waals surface area (Å²) in [5.74, 6) is 0.111. The predicted octanol–water partition coefficient (Wildman–Crippen LogP) is 3.02. The fourth-order valence-corrected chi connectivity index (χ4v) is 3.37. The standard InChI is InChI=1S/C22H27N3O3/c1-2-17-5-3-6-18(15-17)23-21(27)9-10-22(28)25-13-11-24(12-14-25)19-7-4-8-20(26)16-19/h3-8,15-16,26H,2,9-14H2,1H3,(H,23,27). The van der Waals surface area contributed by atoms with E-state index >= 15 is 0 Å². The fourth-order valence-electron chi connectivity index (χ4n) is 3.37. The molecule has 1 heterocycles. The van der Waals surface area contributed by atoms with Crippen molar-refractivity contribution in [1.29, 1.82) is 0 Å². The number of phenols is 1. The zero-order valence-electron chi connectivity index (χ0n) is 16.2. The van der Waals surface area contributed by atoms with Gasteiger partial charge in [-0.1, -0.05) is 25.1 Å². The van der Waals surface area contributed by atoms with Gasteiger partial charge in [0.25, 0.3) is 0 Å². The molecule has 0 bridgehead atoms. The summed E-state index contributed by atoms with van der Waals surface area (Å²) in [6.07, 6.45) is 1.31. The van der Waals surface area contributed by atoms with Gasteiger partial charge in [0.15, 0.2) is 0 Å². The molecule has 28 heavy (non-hydrogen) atoms. The summed E-state index contributed by atoms with van der Waals surface area (Å²) >= 11 is 0. The minimum Gasteiger partial charge on any atom is -0.508 e. The van der Waals surface area contributed by atoms with E-state index in [0.29, 0.717) is 26.2 Å². The van der Waals surface area contributed by atoms with Crippen molar-refractivity contribution in [2.45, 2.75) is 26.2 Å². The molecule has 2 N–H and O–H groups in total. The van der Waals surface area contributed by atoms with Crippen LogP contribution in [0.25, 0.3) is 0 Å². The summed E-state index contributed by atoms with van der Waals surface area (Å²) in [6.45, 7) is 4.74. The molecule has 0 spiro atoms. The van der Waals surface area contributed by atoms with Crippen LogP contribution in [0.3, 0.4) is 0 Å². The van der Waals surface area contributed by atoms with Crippen molar-refractivity contribution in [3.8, 4) is 5.75 Å². The van der Waals surface area contributed by atoms with Gasteiger partial charge >= 0.3 is 0 Å². The van der Waals surface area contributed by atoms with Crippen LogP contribution in [-0.4, -0.2) is 48.0 Å². The van der Waals surface area contributed by atoms with Gasteiger partial charge in [-0.25, -0.2) is 0 Å². The smallest absolute Gasteiger partial charge is 0.224 e. The van der Waals surface area contributed by atoms with Gasteiger partial charge in [-0.3, -0.25) is 9.59 Å². The Morgan fingerprint density at radius 1 is 1.00 bits per heavy atom. The van der Waals surface area contributed by atoms with Crippen LogP contribution >= 0.6 is 0 Å². The Morgan fingerprint density at radius 3 is 2.46 bits per heavy atom. The zero-order chi connectivity index (χ0) is 19.9. The number of aryl methyl sites for hydroxylation is 1. The first-order valence-corrected chi connectivity index (χ1v) is 9.75. The Balaban J connectivity index is 1.43. The van der Waals surface area contributed by atoms with Gasteiger partial charge < -0.3 is 20.2 Å². The number of hydrogen-bond donors (Lipinski definition) is 2. The molecule has 1 fully saturated rings. The molecule has 0 atom stereocenters. The van der Waals surface area contributed by atoms with E-state index in [-0.39, 0.29) is 30.4 Å². The molecule has 1 aliphatic rings. The lowest BCUT2D eigenvalue weighted by Crippen LogP contribution is -2.48. The van der Waals surface area contributed by atoms with Crippen LogP contribution in [0.1, 0.15) is 25.3 Å². The highest BCUT2D eigenvalue weighted by molar-refractivity contribution is 5.93. The molecular weight excluding hydrogens is 354 g/mol. The van der Waals surface area contributed by atoms with Crippen LogP contribution in [-0.2, 0) is 16.0 Å². The third-order valence-corrected chi connectivity index (χ3v) is 5.01. The number of nitrogens with one attached hydrogen (secondary N) is 1. The molecular formula is C22H27N3O3. The highest BCUT2D eigenvalue weighted by Gasteiger charge is 2.21. The molecule has 0 unspecified atom stereocenters. The first kappa shape index (κ1) is 19.7. The number of carbonyl (C=O) groups is 2. The Kier molecular flexibility index (Phi) is 6.53. The molecule has 6 heteroatoms. The monoisotopic (exact) mass is 381 g/mol. The Bertz CT molecular complexity index is 829. The molecule has 3 rings (SSSR count). The maximum atomic E-state index is 12.4. The van der Waals surface area contributed by atoms with E-state index in [9.17, 15) is 14.7 Å². The van der Waals surface area contributed by atoms with Gasteiger partial charge in [0.1, 0.15) is 5.75 Å². The van der Waals surface area contributed by atoms with Crippen LogP contribution in [0.4, 0.5) is 11.4 Å². The number of benzene rings is 2. The van der Waals surface area contributed by atoms with E-state index in [1.807, 2.05) is 41.3 Å². The third-order valence-electron chi connectivity index (χ3n) is 5.01. The van der Waals surface area contributed by atoms with Crippen LogP contribution in [0.2, 0.25) is 0 Å². The zero-order valence-corrected chi connectivity index (χ0v) is 16.2. The second-order valence-electron chi connectivity index (χ2n) is 6.99. The van der Waals surface area contributed by atoms with Gasteiger partial charge in [-0.2, -0.15) is 0 Å². The van der Waals surface area contributed by atoms with E-state index in [4.69, 9.17) is 0 Å². The molecule has 2 aromatic rings. The van der Waals surface area contributed by atoms with Gasteiger partial charge in [0.05, 0.1) is 0 Å². The lowest BCUT2D eigenvalue weighted by atomic mass is 10.1. The highest BCUT2D eigenvalue weighted by Crippen LogP contribution is 2.21. The Hall–Kier alpha value is -3.02. The van der Waals surface area contributed by atoms with Crippen molar-refractivity contribution in [3.63, 3.8) is 0 Å². The van der Waals surface area contributed by atoms with Crippen molar-refractivity contribution in [1.82, 2.24) is 4.90 Å². The fraction of sp³-hybridized carbons (Fsp3) is 0.364. The minimum atomic E-state index is -0.139. The number of aromatic hydroxyl groups is 1. The average Bonchev–Trinajstić information content (AvgIpc) is 2.72. The van der Waals surface area contributed by atoms with E-state index in [2.05, 4.69) is 17.1 Å².